The van der Waals surface area contributed by atoms with Gasteiger partial charge in [0.15, 0.2) is 0 Å². The first-order valence-electron chi connectivity index (χ1n) is 11.8. The number of hydrogen-bond acceptors (Lipinski definition) is 4. The number of aromatic nitrogens is 1. The fourth-order valence-electron chi connectivity index (χ4n) is 5.20. The van der Waals surface area contributed by atoms with Crippen molar-refractivity contribution in [3.8, 4) is 5.75 Å². The van der Waals surface area contributed by atoms with Gasteiger partial charge in [-0.2, -0.15) is 0 Å². The normalized spacial score (nSPS) is 27.1. The van der Waals surface area contributed by atoms with Gasteiger partial charge in [-0.3, -0.25) is 4.90 Å². The molecule has 2 aliphatic rings. The Morgan fingerprint density at radius 3 is 2.68 bits per heavy atom. The van der Waals surface area contributed by atoms with Crippen LogP contribution < -0.4 is 4.74 Å². The summed E-state index contributed by atoms with van der Waals surface area (Å²) >= 11 is 0. The van der Waals surface area contributed by atoms with E-state index in [4.69, 9.17) is 9.47 Å². The average Bonchev–Trinajstić information content (AvgIpc) is 3.19. The Kier molecular flexibility index (Phi) is 5.86. The first kappa shape index (κ1) is 22.9. The third-order valence-electron chi connectivity index (χ3n) is 7.35. The number of halogens is 1. The molecule has 1 saturated carbocycles. The van der Waals surface area contributed by atoms with Crippen LogP contribution in [-0.2, 0) is 11.3 Å². The van der Waals surface area contributed by atoms with Crippen molar-refractivity contribution in [2.45, 2.75) is 63.6 Å². The molecule has 4 atom stereocenters. The van der Waals surface area contributed by atoms with Crippen molar-refractivity contribution in [2.24, 2.45) is 0 Å². The number of piperidine rings is 1. The molecule has 3 aromatic rings. The zero-order chi connectivity index (χ0) is 24.0. The minimum absolute atomic E-state index is 0.0196. The van der Waals surface area contributed by atoms with E-state index in [0.717, 1.165) is 52.7 Å². The lowest BCUT2D eigenvalue weighted by atomic mass is 9.91. The van der Waals surface area contributed by atoms with Crippen LogP contribution in [0.25, 0.3) is 10.9 Å². The van der Waals surface area contributed by atoms with Crippen LogP contribution in [0, 0.1) is 6.92 Å². The molecule has 5 rings (SSSR count). The number of rotatable bonds is 7. The number of aryl methyl sites for hydroxylation is 1. The number of fused-ring (bicyclic) bond motifs is 1. The van der Waals surface area contributed by atoms with E-state index in [1.54, 1.807) is 26.2 Å². The van der Waals surface area contributed by atoms with Crippen LogP contribution in [0.4, 0.5) is 4.39 Å². The number of likely N-dealkylation sites (tertiary alicyclic amines) is 1. The molecule has 1 aromatic heterocycles. The average molecular weight is 467 g/mol. The van der Waals surface area contributed by atoms with Crippen molar-refractivity contribution in [3.05, 3.63) is 64.8 Å². The number of methoxy groups -OCH3 is 1. The maximum absolute atomic E-state index is 14.1. The molecule has 34 heavy (non-hydrogen) atoms. The second-order valence-corrected chi connectivity index (χ2v) is 9.81. The summed E-state index contributed by atoms with van der Waals surface area (Å²) in [7, 11) is 1.70. The first-order chi connectivity index (χ1) is 16.3. The molecule has 1 aliphatic heterocycles. The fraction of sp³-hybridized carbons (Fsp3) is 0.444. The number of carbonyl (C=O) groups is 1. The third kappa shape index (κ3) is 4.30. The topological polar surface area (TPSA) is 74.8 Å². The quantitative estimate of drug-likeness (QED) is 0.487. The lowest BCUT2D eigenvalue weighted by molar-refractivity contribution is -0.0411. The van der Waals surface area contributed by atoms with Crippen molar-refractivity contribution >= 4 is 16.9 Å². The summed E-state index contributed by atoms with van der Waals surface area (Å²) in [5.41, 5.74) is 3.44. The molecule has 0 bridgehead atoms. The number of nitrogens with one attached hydrogen (secondary N) is 1. The van der Waals surface area contributed by atoms with Gasteiger partial charge in [-0.15, -0.1) is 0 Å². The highest BCUT2D eigenvalue weighted by Crippen LogP contribution is 2.45. The van der Waals surface area contributed by atoms with Gasteiger partial charge in [-0.1, -0.05) is 12.1 Å². The maximum atomic E-state index is 14.1. The number of alkyl halides is 1. The molecule has 2 aromatic carbocycles. The summed E-state index contributed by atoms with van der Waals surface area (Å²) in [6, 6.07) is 11.2. The van der Waals surface area contributed by atoms with Crippen LogP contribution in [0.15, 0.2) is 42.6 Å². The number of aromatic amines is 1. The van der Waals surface area contributed by atoms with Gasteiger partial charge in [0, 0.05) is 48.2 Å². The van der Waals surface area contributed by atoms with Gasteiger partial charge in [0.25, 0.3) is 0 Å². The van der Waals surface area contributed by atoms with Crippen LogP contribution in [-0.4, -0.2) is 52.5 Å². The summed E-state index contributed by atoms with van der Waals surface area (Å²) in [6.07, 6.45) is 3.60. The lowest BCUT2D eigenvalue weighted by Gasteiger charge is -2.40. The monoisotopic (exact) mass is 466 g/mol. The molecule has 0 radical (unpaired) electrons. The summed E-state index contributed by atoms with van der Waals surface area (Å²) in [5, 5.41) is 10.4. The zero-order valence-corrected chi connectivity index (χ0v) is 19.8. The highest BCUT2D eigenvalue weighted by Gasteiger charge is 2.53. The number of H-pyrrole nitrogens is 1. The Balaban J connectivity index is 1.45. The number of ether oxygens (including phenoxy) is 2. The molecule has 1 saturated heterocycles. The number of carboxylic acid groups (broad SMARTS) is 1. The standard InChI is InChI=1S/C27H31FN2O4/c1-16-12-23(33-3)21(20-8-10-29-25(16)20)15-30-11-9-19(34-24-14-27(24,2)28)13-22(30)17-4-6-18(7-5-17)26(31)32/h4-8,10,12,19,22,24,29H,9,11,13-15H2,1-3H3,(H,31,32)/t19-,22-,24?,27?/m1/s1. The van der Waals surface area contributed by atoms with E-state index in [-0.39, 0.29) is 23.8 Å². The number of nitrogens with zero attached hydrogens (tertiary/aromatic N) is 1. The van der Waals surface area contributed by atoms with Crippen molar-refractivity contribution < 1.29 is 23.8 Å². The van der Waals surface area contributed by atoms with Crippen LogP contribution in [0.5, 0.6) is 5.75 Å². The van der Waals surface area contributed by atoms with Gasteiger partial charge in [0.2, 0.25) is 0 Å². The highest BCUT2D eigenvalue weighted by molar-refractivity contribution is 5.88. The van der Waals surface area contributed by atoms with Crippen molar-refractivity contribution in [1.82, 2.24) is 9.88 Å². The molecule has 0 spiro atoms. The number of hydrogen-bond donors (Lipinski definition) is 2. The molecule has 7 heteroatoms. The lowest BCUT2D eigenvalue weighted by Crippen LogP contribution is -2.40. The second kappa shape index (κ2) is 8.71. The smallest absolute Gasteiger partial charge is 0.335 e. The number of benzene rings is 2. The van der Waals surface area contributed by atoms with Gasteiger partial charge < -0.3 is 19.6 Å². The van der Waals surface area contributed by atoms with E-state index in [0.29, 0.717) is 13.0 Å². The highest BCUT2D eigenvalue weighted by atomic mass is 19.1. The Labute approximate surface area is 198 Å². The van der Waals surface area contributed by atoms with Gasteiger partial charge in [-0.05, 0) is 62.1 Å². The van der Waals surface area contributed by atoms with E-state index in [2.05, 4.69) is 28.9 Å². The minimum Gasteiger partial charge on any atom is -0.496 e. The van der Waals surface area contributed by atoms with Gasteiger partial charge in [-0.25, -0.2) is 9.18 Å². The SMILES string of the molecule is COc1cc(C)c2[nH]ccc2c1CN1CC[C@@H](OC2CC2(C)F)C[C@@H]1c1ccc(C(=O)O)cc1. The number of aromatic carboxylic acids is 1. The fourth-order valence-corrected chi connectivity index (χ4v) is 5.20. The van der Waals surface area contributed by atoms with Gasteiger partial charge in [0.1, 0.15) is 11.4 Å². The Morgan fingerprint density at radius 1 is 1.29 bits per heavy atom. The number of carboxylic acids is 1. The summed E-state index contributed by atoms with van der Waals surface area (Å²) in [4.78, 5) is 17.1. The summed E-state index contributed by atoms with van der Waals surface area (Å²) in [6.45, 7) is 5.13. The minimum atomic E-state index is -1.22. The predicted molar refractivity (Wildman–Crippen MR) is 128 cm³/mol. The van der Waals surface area contributed by atoms with Crippen LogP contribution in [0.2, 0.25) is 0 Å². The van der Waals surface area contributed by atoms with Crippen molar-refractivity contribution in [2.75, 3.05) is 13.7 Å². The van der Waals surface area contributed by atoms with Crippen LogP contribution in [0.1, 0.15) is 59.3 Å². The third-order valence-corrected chi connectivity index (χ3v) is 7.35. The van der Waals surface area contributed by atoms with E-state index in [9.17, 15) is 14.3 Å². The van der Waals surface area contributed by atoms with E-state index < -0.39 is 11.6 Å². The molecule has 180 valence electrons. The molecule has 1 aliphatic carbocycles. The van der Waals surface area contributed by atoms with Crippen LogP contribution >= 0.6 is 0 Å². The second-order valence-electron chi connectivity index (χ2n) is 9.81. The first-order valence-corrected chi connectivity index (χ1v) is 11.8. The van der Waals surface area contributed by atoms with Gasteiger partial charge in [0.05, 0.1) is 24.9 Å². The Morgan fingerprint density at radius 2 is 2.03 bits per heavy atom. The molecule has 6 nitrogen and oxygen atoms in total. The Bertz CT molecular complexity index is 1200. The van der Waals surface area contributed by atoms with Gasteiger partial charge >= 0.3 is 5.97 Å². The van der Waals surface area contributed by atoms with Crippen molar-refractivity contribution in [3.63, 3.8) is 0 Å². The molecule has 2 heterocycles. The van der Waals surface area contributed by atoms with E-state index >= 15 is 0 Å². The predicted octanol–water partition coefficient (Wildman–Crippen LogP) is 5.41. The Hall–Kier alpha value is -2.90. The van der Waals surface area contributed by atoms with Crippen molar-refractivity contribution in [1.29, 1.82) is 0 Å². The molecule has 2 fully saturated rings. The van der Waals surface area contributed by atoms with E-state index in [1.165, 1.54) is 0 Å². The largest absolute Gasteiger partial charge is 0.496 e. The molecule has 2 N–H and O–H groups in total. The maximum Gasteiger partial charge on any atom is 0.335 e. The zero-order valence-electron chi connectivity index (χ0n) is 19.8. The molecular formula is C27H31FN2O4. The summed E-state index contributed by atoms with van der Waals surface area (Å²) in [5.74, 6) is -0.0856. The molecule has 0 amide bonds. The summed E-state index contributed by atoms with van der Waals surface area (Å²) < 4.78 is 26.0. The van der Waals surface area contributed by atoms with Crippen LogP contribution in [0.3, 0.4) is 0 Å². The molecular weight excluding hydrogens is 435 g/mol. The molecule has 2 unspecified atom stereocenters. The van der Waals surface area contributed by atoms with E-state index in [1.807, 2.05) is 18.3 Å².